The molecule has 0 bridgehead atoms. The van der Waals surface area contributed by atoms with Crippen molar-refractivity contribution in [1.29, 1.82) is 0 Å². The van der Waals surface area contributed by atoms with Gasteiger partial charge in [0.1, 0.15) is 0 Å². The lowest BCUT2D eigenvalue weighted by Gasteiger charge is -2.08. The first kappa shape index (κ1) is 12.0. The molecule has 2 aromatic heterocycles. The molecule has 0 atom stereocenters. The van der Waals surface area contributed by atoms with E-state index in [-0.39, 0.29) is 5.56 Å². The van der Waals surface area contributed by atoms with Crippen molar-refractivity contribution in [2.75, 3.05) is 11.9 Å². The van der Waals surface area contributed by atoms with E-state index in [1.165, 1.54) is 0 Å². The summed E-state index contributed by atoms with van der Waals surface area (Å²) in [5, 5.41) is 7.29. The van der Waals surface area contributed by atoms with Crippen molar-refractivity contribution < 1.29 is 0 Å². The maximum absolute atomic E-state index is 12.1. The zero-order chi connectivity index (χ0) is 13.2. The van der Waals surface area contributed by atoms with Gasteiger partial charge in [-0.15, -0.1) is 0 Å². The molecule has 100 valence electrons. The van der Waals surface area contributed by atoms with Gasteiger partial charge in [0.25, 0.3) is 5.56 Å². The zero-order valence-corrected chi connectivity index (χ0v) is 10.9. The third-order valence-corrected chi connectivity index (χ3v) is 3.20. The quantitative estimate of drug-likeness (QED) is 0.876. The van der Waals surface area contributed by atoms with Crippen LogP contribution in [0.1, 0.15) is 24.4 Å². The average Bonchev–Trinajstić information content (AvgIpc) is 3.15. The molecule has 6 nitrogen and oxygen atoms in total. The molecule has 6 heteroatoms. The number of aryl methyl sites for hydroxylation is 1. The Morgan fingerprint density at radius 3 is 3.00 bits per heavy atom. The van der Waals surface area contributed by atoms with Gasteiger partial charge in [0, 0.05) is 31.2 Å². The van der Waals surface area contributed by atoms with Gasteiger partial charge in [0.05, 0.1) is 12.7 Å². The van der Waals surface area contributed by atoms with Gasteiger partial charge in [-0.05, 0) is 25.3 Å². The molecule has 0 radical (unpaired) electrons. The van der Waals surface area contributed by atoms with Gasteiger partial charge in [0.15, 0.2) is 5.82 Å². The highest BCUT2D eigenvalue weighted by atomic mass is 16.1. The highest BCUT2D eigenvalue weighted by Gasteiger charge is 2.25. The van der Waals surface area contributed by atoms with Crippen LogP contribution in [0.4, 0.5) is 5.82 Å². The summed E-state index contributed by atoms with van der Waals surface area (Å²) in [5.41, 5.74) is 1.11. The largest absolute Gasteiger partial charge is 0.364 e. The van der Waals surface area contributed by atoms with Crippen molar-refractivity contribution in [3.05, 3.63) is 40.7 Å². The maximum Gasteiger partial charge on any atom is 0.293 e. The van der Waals surface area contributed by atoms with Crippen LogP contribution >= 0.6 is 0 Å². The summed E-state index contributed by atoms with van der Waals surface area (Å²) in [6.45, 7) is 3.36. The molecule has 0 spiro atoms. The van der Waals surface area contributed by atoms with Crippen LogP contribution in [0.2, 0.25) is 0 Å². The van der Waals surface area contributed by atoms with Crippen molar-refractivity contribution >= 4 is 5.82 Å². The number of aromatic nitrogens is 4. The van der Waals surface area contributed by atoms with Crippen LogP contribution in [-0.2, 0) is 6.54 Å². The minimum absolute atomic E-state index is 0.0263. The lowest BCUT2D eigenvalue weighted by molar-refractivity contribution is 0.634. The molecule has 0 aromatic carbocycles. The molecule has 1 N–H and O–H groups in total. The predicted octanol–water partition coefficient (Wildman–Crippen LogP) is 1.20. The van der Waals surface area contributed by atoms with E-state index in [9.17, 15) is 4.79 Å². The molecule has 1 fully saturated rings. The number of hydrogen-bond acceptors (Lipinski definition) is 4. The van der Waals surface area contributed by atoms with Gasteiger partial charge in [0.2, 0.25) is 0 Å². The summed E-state index contributed by atoms with van der Waals surface area (Å²) in [7, 11) is 0. The second-order valence-corrected chi connectivity index (χ2v) is 4.93. The van der Waals surface area contributed by atoms with E-state index < -0.39 is 0 Å². The molecule has 2 aromatic rings. The molecule has 0 saturated heterocycles. The maximum atomic E-state index is 12.1. The summed E-state index contributed by atoms with van der Waals surface area (Å²) in [6, 6.07) is 0.379. The average molecular weight is 259 g/mol. The van der Waals surface area contributed by atoms with Gasteiger partial charge < -0.3 is 9.88 Å². The van der Waals surface area contributed by atoms with Crippen molar-refractivity contribution in [1.82, 2.24) is 19.3 Å². The first-order valence-electron chi connectivity index (χ1n) is 6.54. The predicted molar refractivity (Wildman–Crippen MR) is 72.2 cm³/mol. The standard InChI is InChI=1S/C13H17N5O/c1-10-8-16-17(9-10)6-4-14-12-13(19)18(7-5-15-12)11-2-3-11/h5,7-9,11H,2-4,6H2,1H3,(H,14,15). The SMILES string of the molecule is Cc1cnn(CCNc2nccn(C3CC3)c2=O)c1. The fourth-order valence-electron chi connectivity index (χ4n) is 2.06. The summed E-state index contributed by atoms with van der Waals surface area (Å²) < 4.78 is 3.62. The lowest BCUT2D eigenvalue weighted by atomic mass is 10.4. The molecular formula is C13H17N5O. The Labute approximate surface area is 111 Å². The van der Waals surface area contributed by atoms with Crippen LogP contribution in [0.15, 0.2) is 29.6 Å². The molecule has 1 aliphatic carbocycles. The summed E-state index contributed by atoms with van der Waals surface area (Å²) in [5.74, 6) is 0.429. The van der Waals surface area contributed by atoms with E-state index in [0.29, 0.717) is 24.9 Å². The normalized spacial score (nSPS) is 14.6. The monoisotopic (exact) mass is 259 g/mol. The number of rotatable bonds is 5. The van der Waals surface area contributed by atoms with Gasteiger partial charge in [-0.25, -0.2) is 4.98 Å². The zero-order valence-electron chi connectivity index (χ0n) is 10.9. The van der Waals surface area contributed by atoms with E-state index in [0.717, 1.165) is 18.4 Å². The van der Waals surface area contributed by atoms with E-state index >= 15 is 0 Å². The Hall–Kier alpha value is -2.11. The molecule has 0 amide bonds. The highest BCUT2D eigenvalue weighted by molar-refractivity contribution is 5.31. The summed E-state index contributed by atoms with van der Waals surface area (Å²) in [4.78, 5) is 16.2. The van der Waals surface area contributed by atoms with E-state index in [2.05, 4.69) is 15.4 Å². The Kier molecular flexibility index (Phi) is 3.06. The fourth-order valence-corrected chi connectivity index (χ4v) is 2.06. The topological polar surface area (TPSA) is 64.7 Å². The van der Waals surface area contributed by atoms with Gasteiger partial charge in [-0.3, -0.25) is 9.48 Å². The van der Waals surface area contributed by atoms with Crippen LogP contribution < -0.4 is 10.9 Å². The van der Waals surface area contributed by atoms with Crippen molar-refractivity contribution in [2.24, 2.45) is 0 Å². The Morgan fingerprint density at radius 1 is 1.47 bits per heavy atom. The first-order chi connectivity index (χ1) is 9.24. The molecule has 0 aliphatic heterocycles. The van der Waals surface area contributed by atoms with E-state index in [4.69, 9.17) is 0 Å². The number of anilines is 1. The van der Waals surface area contributed by atoms with Crippen LogP contribution in [0.3, 0.4) is 0 Å². The van der Waals surface area contributed by atoms with E-state index in [1.54, 1.807) is 17.0 Å². The Bertz CT molecular complexity index is 626. The van der Waals surface area contributed by atoms with Gasteiger partial charge >= 0.3 is 0 Å². The third kappa shape index (κ3) is 2.67. The summed E-state index contributed by atoms with van der Waals surface area (Å²) >= 11 is 0. The minimum atomic E-state index is -0.0263. The van der Waals surface area contributed by atoms with Gasteiger partial charge in [-0.1, -0.05) is 0 Å². The van der Waals surface area contributed by atoms with Crippen molar-refractivity contribution in [3.63, 3.8) is 0 Å². The van der Waals surface area contributed by atoms with Crippen LogP contribution in [-0.4, -0.2) is 25.9 Å². The molecule has 0 unspecified atom stereocenters. The number of nitrogens with zero attached hydrogens (tertiary/aromatic N) is 4. The lowest BCUT2D eigenvalue weighted by Crippen LogP contribution is -2.25. The highest BCUT2D eigenvalue weighted by Crippen LogP contribution is 2.33. The fraction of sp³-hybridized carbons (Fsp3) is 0.462. The molecular weight excluding hydrogens is 242 g/mol. The smallest absolute Gasteiger partial charge is 0.293 e. The third-order valence-electron chi connectivity index (χ3n) is 3.20. The second-order valence-electron chi connectivity index (χ2n) is 4.93. The van der Waals surface area contributed by atoms with Crippen molar-refractivity contribution in [2.45, 2.75) is 32.4 Å². The minimum Gasteiger partial charge on any atom is -0.364 e. The van der Waals surface area contributed by atoms with Crippen LogP contribution in [0.25, 0.3) is 0 Å². The second kappa shape index (κ2) is 4.87. The van der Waals surface area contributed by atoms with Gasteiger partial charge in [-0.2, -0.15) is 5.10 Å². The van der Waals surface area contributed by atoms with Crippen molar-refractivity contribution in [3.8, 4) is 0 Å². The Morgan fingerprint density at radius 2 is 2.32 bits per heavy atom. The van der Waals surface area contributed by atoms with E-state index in [1.807, 2.05) is 24.0 Å². The molecule has 3 rings (SSSR count). The molecule has 1 aliphatic rings. The Balaban J connectivity index is 1.63. The number of nitrogens with one attached hydrogen (secondary N) is 1. The number of hydrogen-bond donors (Lipinski definition) is 1. The van der Waals surface area contributed by atoms with Crippen LogP contribution in [0.5, 0.6) is 0 Å². The summed E-state index contributed by atoms with van der Waals surface area (Å²) in [6.07, 6.45) is 9.43. The molecule has 19 heavy (non-hydrogen) atoms. The first-order valence-corrected chi connectivity index (χ1v) is 6.54. The molecule has 1 saturated carbocycles. The molecule has 2 heterocycles. The van der Waals surface area contributed by atoms with Crippen LogP contribution in [0, 0.1) is 6.92 Å².